The van der Waals surface area contributed by atoms with Gasteiger partial charge in [0.25, 0.3) is 0 Å². The van der Waals surface area contributed by atoms with Crippen LogP contribution in [0.5, 0.6) is 23.0 Å². The lowest BCUT2D eigenvalue weighted by Gasteiger charge is -2.12. The number of carboxylic acids is 2. The van der Waals surface area contributed by atoms with Gasteiger partial charge in [-0.05, 0) is 48.5 Å². The zero-order valence-corrected chi connectivity index (χ0v) is 20.0. The van der Waals surface area contributed by atoms with Crippen molar-refractivity contribution in [2.24, 2.45) is 9.98 Å². The lowest BCUT2D eigenvalue weighted by atomic mass is 10.1. The van der Waals surface area contributed by atoms with E-state index in [1.165, 1.54) is 40.9 Å². The van der Waals surface area contributed by atoms with E-state index in [-0.39, 0.29) is 22.6 Å². The summed E-state index contributed by atoms with van der Waals surface area (Å²) in [6, 6.07) is 13.1. The highest BCUT2D eigenvalue weighted by Crippen LogP contribution is 2.34. The SMILES string of the molecule is COc1ccc(C=Nc2ccc(N=Cc3ccc(OC)c(OC)c3C(=O)O)cc2)c(C(=O)O)c1OC. The summed E-state index contributed by atoms with van der Waals surface area (Å²) < 4.78 is 20.8. The van der Waals surface area contributed by atoms with Crippen LogP contribution < -0.4 is 18.9 Å². The van der Waals surface area contributed by atoms with Crippen LogP contribution in [0, 0.1) is 0 Å². The molecule has 3 aromatic rings. The lowest BCUT2D eigenvalue weighted by molar-refractivity contribution is 0.0681. The third-order valence-electron chi connectivity index (χ3n) is 5.14. The molecule has 3 aromatic carbocycles. The molecule has 0 radical (unpaired) electrons. The number of aromatic carboxylic acids is 2. The number of ether oxygens (including phenoxy) is 4. The van der Waals surface area contributed by atoms with Crippen molar-refractivity contribution in [3.63, 3.8) is 0 Å². The predicted octanol–water partition coefficient (Wildman–Crippen LogP) is 4.62. The van der Waals surface area contributed by atoms with Gasteiger partial charge in [0.15, 0.2) is 23.0 Å². The van der Waals surface area contributed by atoms with Crippen LogP contribution in [-0.2, 0) is 0 Å². The second-order valence-electron chi connectivity index (χ2n) is 7.17. The second kappa shape index (κ2) is 11.5. The first-order chi connectivity index (χ1) is 17.3. The van der Waals surface area contributed by atoms with Crippen molar-refractivity contribution in [3.8, 4) is 23.0 Å². The number of carboxylic acid groups (broad SMARTS) is 2. The average Bonchev–Trinajstić information content (AvgIpc) is 2.89. The predicted molar refractivity (Wildman–Crippen MR) is 134 cm³/mol. The van der Waals surface area contributed by atoms with Gasteiger partial charge in [-0.1, -0.05) is 0 Å². The number of carbonyl (C=O) groups is 2. The van der Waals surface area contributed by atoms with Crippen molar-refractivity contribution in [1.29, 1.82) is 0 Å². The quantitative estimate of drug-likeness (QED) is 0.391. The van der Waals surface area contributed by atoms with Gasteiger partial charge < -0.3 is 29.2 Å². The van der Waals surface area contributed by atoms with Crippen LogP contribution in [0.3, 0.4) is 0 Å². The first kappa shape index (κ1) is 25.8. The minimum atomic E-state index is -1.17. The lowest BCUT2D eigenvalue weighted by Crippen LogP contribution is -2.06. The molecule has 0 amide bonds. The molecule has 0 aliphatic rings. The van der Waals surface area contributed by atoms with E-state index in [1.807, 2.05) is 0 Å². The fraction of sp³-hybridized carbons (Fsp3) is 0.154. The normalized spacial score (nSPS) is 11.0. The molecule has 0 saturated carbocycles. The van der Waals surface area contributed by atoms with Crippen LogP contribution in [0.1, 0.15) is 31.8 Å². The van der Waals surface area contributed by atoms with Crippen LogP contribution in [0.15, 0.2) is 58.5 Å². The number of hydrogen-bond donors (Lipinski definition) is 2. The maximum atomic E-state index is 11.8. The van der Waals surface area contributed by atoms with Crippen LogP contribution in [0.2, 0.25) is 0 Å². The van der Waals surface area contributed by atoms with Gasteiger partial charge in [-0.2, -0.15) is 0 Å². The molecule has 0 aromatic heterocycles. The van der Waals surface area contributed by atoms with Gasteiger partial charge >= 0.3 is 11.9 Å². The van der Waals surface area contributed by atoms with Gasteiger partial charge in [0.05, 0.1) is 39.8 Å². The first-order valence-electron chi connectivity index (χ1n) is 10.5. The Hall–Kier alpha value is -4.86. The number of benzene rings is 3. The van der Waals surface area contributed by atoms with Gasteiger partial charge in [-0.3, -0.25) is 9.98 Å². The Labute approximate surface area is 207 Å². The highest BCUT2D eigenvalue weighted by molar-refractivity contribution is 6.03. The largest absolute Gasteiger partial charge is 0.493 e. The van der Waals surface area contributed by atoms with Crippen molar-refractivity contribution in [1.82, 2.24) is 0 Å². The molecule has 0 saturated heterocycles. The Balaban J connectivity index is 1.87. The zero-order valence-electron chi connectivity index (χ0n) is 20.0. The molecule has 0 aliphatic heterocycles. The molecule has 0 fully saturated rings. The molecule has 10 nitrogen and oxygen atoms in total. The summed E-state index contributed by atoms with van der Waals surface area (Å²) in [5.41, 5.74) is 1.67. The summed E-state index contributed by atoms with van der Waals surface area (Å²) >= 11 is 0. The molecule has 2 N–H and O–H groups in total. The highest BCUT2D eigenvalue weighted by Gasteiger charge is 2.21. The average molecular weight is 492 g/mol. The van der Waals surface area contributed by atoms with Gasteiger partial charge in [0.2, 0.25) is 0 Å². The Kier molecular flexibility index (Phi) is 8.24. The molecule has 10 heteroatoms. The van der Waals surface area contributed by atoms with Crippen LogP contribution in [-0.4, -0.2) is 63.0 Å². The number of rotatable bonds is 10. The van der Waals surface area contributed by atoms with E-state index in [4.69, 9.17) is 18.9 Å². The minimum Gasteiger partial charge on any atom is -0.493 e. The van der Waals surface area contributed by atoms with Crippen LogP contribution in [0.25, 0.3) is 0 Å². The molecule has 0 bridgehead atoms. The summed E-state index contributed by atoms with van der Waals surface area (Å²) in [4.78, 5) is 32.3. The molecule has 186 valence electrons. The van der Waals surface area contributed by atoms with Crippen LogP contribution >= 0.6 is 0 Å². The fourth-order valence-corrected chi connectivity index (χ4v) is 3.45. The molecular formula is C26H24N2O8. The topological polar surface area (TPSA) is 136 Å². The second-order valence-corrected chi connectivity index (χ2v) is 7.17. The summed E-state index contributed by atoms with van der Waals surface area (Å²) in [6.07, 6.45) is 2.85. The number of hydrogen-bond acceptors (Lipinski definition) is 8. The Morgan fingerprint density at radius 2 is 0.972 bits per heavy atom. The van der Waals surface area contributed by atoms with E-state index in [1.54, 1.807) is 48.5 Å². The molecule has 0 atom stereocenters. The third kappa shape index (κ3) is 5.44. The van der Waals surface area contributed by atoms with E-state index >= 15 is 0 Å². The van der Waals surface area contributed by atoms with Gasteiger partial charge in [-0.25, -0.2) is 9.59 Å². The molecule has 0 spiro atoms. The minimum absolute atomic E-state index is 0.0639. The fourth-order valence-electron chi connectivity index (χ4n) is 3.45. The smallest absolute Gasteiger partial charge is 0.340 e. The van der Waals surface area contributed by atoms with Crippen molar-refractivity contribution < 1.29 is 38.7 Å². The molecule has 3 rings (SSSR count). The molecule has 0 aliphatic carbocycles. The maximum absolute atomic E-state index is 11.8. The van der Waals surface area contributed by atoms with Crippen molar-refractivity contribution in [2.75, 3.05) is 28.4 Å². The molecule has 36 heavy (non-hydrogen) atoms. The van der Waals surface area contributed by atoms with Gasteiger partial charge in [-0.15, -0.1) is 0 Å². The first-order valence-corrected chi connectivity index (χ1v) is 10.5. The van der Waals surface area contributed by atoms with E-state index in [0.29, 0.717) is 34.0 Å². The van der Waals surface area contributed by atoms with E-state index in [0.717, 1.165) is 0 Å². The summed E-state index contributed by atoms with van der Waals surface area (Å²) in [6.45, 7) is 0. The molecule has 0 unspecified atom stereocenters. The Morgan fingerprint density at radius 3 is 1.25 bits per heavy atom. The Bertz CT molecular complexity index is 1230. The van der Waals surface area contributed by atoms with E-state index in [2.05, 4.69) is 9.98 Å². The Morgan fingerprint density at radius 1 is 0.611 bits per heavy atom. The summed E-state index contributed by atoms with van der Waals surface area (Å²) in [5.74, 6) is -1.53. The van der Waals surface area contributed by atoms with Gasteiger partial charge in [0.1, 0.15) is 11.1 Å². The third-order valence-corrected chi connectivity index (χ3v) is 5.14. The van der Waals surface area contributed by atoms with Gasteiger partial charge in [0, 0.05) is 23.6 Å². The van der Waals surface area contributed by atoms with Crippen molar-refractivity contribution in [2.45, 2.75) is 0 Å². The summed E-state index contributed by atoms with van der Waals surface area (Å²) in [5, 5.41) is 19.3. The number of nitrogens with zero attached hydrogens (tertiary/aromatic N) is 2. The number of aliphatic imine (C=N–C) groups is 2. The number of methoxy groups -OCH3 is 4. The summed E-state index contributed by atoms with van der Waals surface area (Å²) in [7, 11) is 5.58. The van der Waals surface area contributed by atoms with E-state index < -0.39 is 11.9 Å². The zero-order chi connectivity index (χ0) is 26.2. The van der Waals surface area contributed by atoms with Crippen LogP contribution in [0.4, 0.5) is 11.4 Å². The van der Waals surface area contributed by atoms with Crippen molar-refractivity contribution >= 4 is 35.7 Å². The molecular weight excluding hydrogens is 468 g/mol. The monoisotopic (exact) mass is 492 g/mol. The molecule has 0 heterocycles. The standard InChI is InChI=1S/C26H24N2O8/c1-33-19-11-5-15(21(25(29)30)23(19)35-3)13-27-17-7-9-18(10-8-17)28-14-16-6-12-20(34-2)24(36-4)22(16)26(31)32/h5-14H,1-4H3,(H,29,30)(H,31,32). The van der Waals surface area contributed by atoms with Crippen molar-refractivity contribution in [3.05, 3.63) is 70.8 Å². The maximum Gasteiger partial charge on any atom is 0.340 e. The van der Waals surface area contributed by atoms with E-state index in [9.17, 15) is 19.8 Å². The highest BCUT2D eigenvalue weighted by atomic mass is 16.5.